The van der Waals surface area contributed by atoms with Gasteiger partial charge in [0.2, 0.25) is 0 Å². The fourth-order valence-corrected chi connectivity index (χ4v) is 1.83. The van der Waals surface area contributed by atoms with E-state index in [0.717, 1.165) is 18.1 Å². The highest BCUT2D eigenvalue weighted by molar-refractivity contribution is 6.33. The maximum atomic E-state index is 13.4. The minimum atomic E-state index is -2.96. The third-order valence-corrected chi connectivity index (χ3v) is 3.23. The molecule has 0 unspecified atom stereocenters. The lowest BCUT2D eigenvalue weighted by Crippen LogP contribution is -2.21. The van der Waals surface area contributed by atoms with Crippen molar-refractivity contribution in [1.82, 2.24) is 0 Å². The van der Waals surface area contributed by atoms with Gasteiger partial charge in [-0.2, -0.15) is 0 Å². The Morgan fingerprint density at radius 3 is 2.32 bits per heavy atom. The van der Waals surface area contributed by atoms with Crippen molar-refractivity contribution in [1.29, 1.82) is 0 Å². The highest BCUT2D eigenvalue weighted by Crippen LogP contribution is 2.26. The Hall–Kier alpha value is -1.45. The first-order valence-electron chi connectivity index (χ1n) is 6.07. The number of ketones is 1. The van der Waals surface area contributed by atoms with Gasteiger partial charge in [-0.3, -0.25) is 4.79 Å². The van der Waals surface area contributed by atoms with Crippen LogP contribution in [0.4, 0.5) is 8.78 Å². The molecule has 0 saturated heterocycles. The molecule has 0 N–H and O–H groups in total. The summed E-state index contributed by atoms with van der Waals surface area (Å²) in [6.45, 7) is 5.89. The van der Waals surface area contributed by atoms with Gasteiger partial charge in [-0.05, 0) is 38.3 Å². The van der Waals surface area contributed by atoms with Crippen LogP contribution in [0.5, 0.6) is 0 Å². The summed E-state index contributed by atoms with van der Waals surface area (Å²) < 4.78 is 26.7. The van der Waals surface area contributed by atoms with Crippen LogP contribution in [0, 0.1) is 0 Å². The summed E-state index contributed by atoms with van der Waals surface area (Å²) in [5, 5.41) is 0. The molecule has 0 aliphatic carbocycles. The molecular formula is C15H17BF2O. The van der Waals surface area contributed by atoms with Crippen LogP contribution in [-0.2, 0) is 17.1 Å². The number of benzene rings is 1. The summed E-state index contributed by atoms with van der Waals surface area (Å²) in [5.74, 6) is -2.97. The van der Waals surface area contributed by atoms with Crippen LogP contribution >= 0.6 is 0 Å². The summed E-state index contributed by atoms with van der Waals surface area (Å²) in [6.07, 6.45) is 0.467. The molecule has 100 valence electrons. The molecule has 0 amide bonds. The normalized spacial score (nSPS) is 13.2. The summed E-state index contributed by atoms with van der Waals surface area (Å²) in [5.41, 5.74) is 2.19. The Morgan fingerprint density at radius 1 is 1.26 bits per heavy atom. The number of halogens is 2. The van der Waals surface area contributed by atoms with Crippen LogP contribution in [0.3, 0.4) is 0 Å². The predicted octanol–water partition coefficient (Wildman–Crippen LogP) is 3.06. The number of Topliss-reactive ketones (excluding diaryl/α,β-unsaturated/α-hetero) is 1. The van der Waals surface area contributed by atoms with E-state index in [1.54, 1.807) is 13.0 Å². The van der Waals surface area contributed by atoms with Gasteiger partial charge in [0, 0.05) is 12.5 Å². The van der Waals surface area contributed by atoms with E-state index in [9.17, 15) is 13.6 Å². The molecule has 0 atom stereocenters. The lowest BCUT2D eigenvalue weighted by Gasteiger charge is -2.16. The zero-order chi connectivity index (χ0) is 14.8. The van der Waals surface area contributed by atoms with Crippen LogP contribution in [0.1, 0.15) is 38.8 Å². The molecule has 0 bridgehead atoms. The van der Waals surface area contributed by atoms with Gasteiger partial charge in [0.25, 0.3) is 5.92 Å². The van der Waals surface area contributed by atoms with Crippen molar-refractivity contribution in [3.63, 3.8) is 0 Å². The summed E-state index contributed by atoms with van der Waals surface area (Å²) in [7, 11) is 5.57. The largest absolute Gasteiger partial charge is 0.295 e. The molecule has 2 radical (unpaired) electrons. The predicted molar refractivity (Wildman–Crippen MR) is 74.2 cm³/mol. The van der Waals surface area contributed by atoms with Crippen LogP contribution < -0.4 is 5.46 Å². The lowest BCUT2D eigenvalue weighted by molar-refractivity contribution is -0.113. The smallest absolute Gasteiger partial charge is 0.269 e. The van der Waals surface area contributed by atoms with Gasteiger partial charge in [0.05, 0.1) is 0 Å². The molecular weight excluding hydrogens is 245 g/mol. The van der Waals surface area contributed by atoms with Crippen LogP contribution in [0.2, 0.25) is 0 Å². The molecule has 0 fully saturated rings. The van der Waals surface area contributed by atoms with E-state index in [1.807, 2.05) is 6.92 Å². The van der Waals surface area contributed by atoms with Crippen molar-refractivity contribution in [2.75, 3.05) is 0 Å². The Bertz CT molecular complexity index is 527. The van der Waals surface area contributed by atoms with E-state index >= 15 is 0 Å². The van der Waals surface area contributed by atoms with Crippen molar-refractivity contribution < 1.29 is 13.6 Å². The first kappa shape index (κ1) is 15.6. The molecule has 0 spiro atoms. The average Bonchev–Trinajstić information content (AvgIpc) is 2.28. The van der Waals surface area contributed by atoms with E-state index in [0.29, 0.717) is 12.0 Å². The molecule has 1 aromatic carbocycles. The third kappa shape index (κ3) is 4.02. The van der Waals surface area contributed by atoms with E-state index in [2.05, 4.69) is 0 Å². The Balaban J connectivity index is 3.12. The fourth-order valence-electron chi connectivity index (χ4n) is 1.83. The highest BCUT2D eigenvalue weighted by atomic mass is 19.3. The van der Waals surface area contributed by atoms with Crippen molar-refractivity contribution in [3.8, 4) is 0 Å². The number of carbonyl (C=O) groups excluding carboxylic acids is 1. The van der Waals surface area contributed by atoms with Crippen molar-refractivity contribution in [3.05, 3.63) is 40.5 Å². The van der Waals surface area contributed by atoms with Gasteiger partial charge >= 0.3 is 0 Å². The van der Waals surface area contributed by atoms with Crippen molar-refractivity contribution >= 4 is 19.1 Å². The molecule has 0 aliphatic heterocycles. The zero-order valence-corrected chi connectivity index (χ0v) is 11.7. The molecule has 0 heterocycles. The van der Waals surface area contributed by atoms with Gasteiger partial charge < -0.3 is 0 Å². The second-order valence-electron chi connectivity index (χ2n) is 4.95. The second-order valence-corrected chi connectivity index (χ2v) is 4.95. The molecule has 1 rings (SSSR count). The standard InChI is InChI=1S/C15H17BF2O/c1-9(10(2)11(3)19)7-12-5-6-14(16)13(8-12)15(4,17)18/h5-6,8H,7H2,1-4H3/b10-9-. The van der Waals surface area contributed by atoms with Gasteiger partial charge in [-0.25, -0.2) is 8.78 Å². The van der Waals surface area contributed by atoms with Crippen molar-refractivity contribution in [2.45, 2.75) is 40.0 Å². The van der Waals surface area contributed by atoms with Crippen LogP contribution in [0.15, 0.2) is 29.3 Å². The van der Waals surface area contributed by atoms with Gasteiger partial charge in [-0.15, -0.1) is 0 Å². The summed E-state index contributed by atoms with van der Waals surface area (Å²) in [4.78, 5) is 11.3. The monoisotopic (exact) mass is 262 g/mol. The van der Waals surface area contributed by atoms with Gasteiger partial charge in [-0.1, -0.05) is 29.2 Å². The van der Waals surface area contributed by atoms with Gasteiger partial charge in [0.1, 0.15) is 7.85 Å². The van der Waals surface area contributed by atoms with Crippen LogP contribution in [0.25, 0.3) is 0 Å². The lowest BCUT2D eigenvalue weighted by atomic mass is 9.85. The fraction of sp³-hybridized carbons (Fsp3) is 0.400. The summed E-state index contributed by atoms with van der Waals surface area (Å²) in [6, 6.07) is 4.60. The van der Waals surface area contributed by atoms with Gasteiger partial charge in [0.15, 0.2) is 5.78 Å². The first-order chi connectivity index (χ1) is 8.62. The topological polar surface area (TPSA) is 17.1 Å². The number of carbonyl (C=O) groups is 1. The Kier molecular flexibility index (Phi) is 4.67. The number of rotatable bonds is 4. The molecule has 19 heavy (non-hydrogen) atoms. The van der Waals surface area contributed by atoms with E-state index in [4.69, 9.17) is 7.85 Å². The molecule has 0 aromatic heterocycles. The quantitative estimate of drug-likeness (QED) is 0.602. The highest BCUT2D eigenvalue weighted by Gasteiger charge is 2.26. The number of hydrogen-bond acceptors (Lipinski definition) is 1. The molecule has 0 saturated carbocycles. The Morgan fingerprint density at radius 2 is 1.84 bits per heavy atom. The van der Waals surface area contributed by atoms with Crippen molar-refractivity contribution in [2.24, 2.45) is 0 Å². The zero-order valence-electron chi connectivity index (χ0n) is 11.7. The average molecular weight is 262 g/mol. The summed E-state index contributed by atoms with van der Waals surface area (Å²) >= 11 is 0. The molecule has 1 nitrogen and oxygen atoms in total. The molecule has 1 aromatic rings. The molecule has 0 aliphatic rings. The number of hydrogen-bond donors (Lipinski definition) is 0. The third-order valence-electron chi connectivity index (χ3n) is 3.23. The van der Waals surface area contributed by atoms with Crippen LogP contribution in [-0.4, -0.2) is 13.6 Å². The maximum Gasteiger partial charge on any atom is 0.269 e. The number of allylic oxidation sites excluding steroid dienone is 2. The maximum absolute atomic E-state index is 13.4. The second kappa shape index (κ2) is 5.68. The molecule has 4 heteroatoms. The minimum absolute atomic E-state index is 0.00556. The minimum Gasteiger partial charge on any atom is -0.295 e. The van der Waals surface area contributed by atoms with E-state index in [1.165, 1.54) is 19.1 Å². The SMILES string of the molecule is [B]c1ccc(C/C(C)=C(/C)C(C)=O)cc1C(C)(F)F. The first-order valence-corrected chi connectivity index (χ1v) is 6.07. The Labute approximate surface area is 114 Å². The van der Waals surface area contributed by atoms with E-state index in [-0.39, 0.29) is 16.8 Å². The number of alkyl halides is 2. The van der Waals surface area contributed by atoms with E-state index < -0.39 is 5.92 Å².